The number of ether oxygens (including phenoxy) is 1. The molecule has 0 radical (unpaired) electrons. The number of rotatable bonds is 6. The molecule has 2 aromatic rings. The maximum absolute atomic E-state index is 12.0. The summed E-state index contributed by atoms with van der Waals surface area (Å²) in [5.41, 5.74) is 7.88. The third-order valence-electron chi connectivity index (χ3n) is 4.68. The van der Waals surface area contributed by atoms with Crippen molar-refractivity contribution < 1.29 is 24.2 Å². The van der Waals surface area contributed by atoms with Gasteiger partial charge in [-0.05, 0) is 26.0 Å². The summed E-state index contributed by atoms with van der Waals surface area (Å²) in [5, 5.41) is 12.5. The van der Waals surface area contributed by atoms with Gasteiger partial charge in [0, 0.05) is 43.9 Å². The third-order valence-corrected chi connectivity index (χ3v) is 4.68. The minimum atomic E-state index is -0.643. The molecule has 3 amide bonds. The molecule has 33 heavy (non-hydrogen) atoms. The van der Waals surface area contributed by atoms with Crippen LogP contribution in [0.4, 0.5) is 4.79 Å². The minimum absolute atomic E-state index is 0.0369. The van der Waals surface area contributed by atoms with Gasteiger partial charge in [-0.15, -0.1) is 5.92 Å². The fourth-order valence-corrected chi connectivity index (χ4v) is 3.14. The van der Waals surface area contributed by atoms with Crippen molar-refractivity contribution >= 4 is 18.4 Å². The van der Waals surface area contributed by atoms with Crippen LogP contribution in [-0.2, 0) is 22.5 Å². The van der Waals surface area contributed by atoms with E-state index in [2.05, 4.69) is 21.9 Å². The molecule has 1 aliphatic heterocycles. The predicted octanol–water partition coefficient (Wildman–Crippen LogP) is 0.319. The Balaban J connectivity index is 0.000000479. The zero-order valence-electron chi connectivity index (χ0n) is 18.9. The van der Waals surface area contributed by atoms with Crippen LogP contribution in [0.15, 0.2) is 18.3 Å². The van der Waals surface area contributed by atoms with Gasteiger partial charge >= 0.3 is 6.09 Å². The molecule has 3 rings (SSSR count). The zero-order chi connectivity index (χ0) is 24.4. The van der Waals surface area contributed by atoms with Gasteiger partial charge in [0.1, 0.15) is 0 Å². The number of nitrogens with zero attached hydrogens (tertiary/aromatic N) is 5. The fraction of sp³-hybridized carbons (Fsp3) is 0.409. The van der Waals surface area contributed by atoms with Crippen molar-refractivity contribution in [1.29, 1.82) is 0 Å². The number of aromatic nitrogens is 3. The fourth-order valence-electron chi connectivity index (χ4n) is 3.14. The molecule has 0 saturated carbocycles. The van der Waals surface area contributed by atoms with Crippen molar-refractivity contribution in [3.8, 4) is 17.7 Å². The summed E-state index contributed by atoms with van der Waals surface area (Å²) in [6.07, 6.45) is 2.41. The number of primary amides is 1. The Labute approximate surface area is 192 Å². The van der Waals surface area contributed by atoms with Crippen molar-refractivity contribution in [2.45, 2.75) is 26.8 Å². The molecule has 3 heterocycles. The Morgan fingerprint density at radius 2 is 2.18 bits per heavy atom. The maximum Gasteiger partial charge on any atom is 0.410 e. The maximum atomic E-state index is 12.0. The highest BCUT2D eigenvalue weighted by atomic mass is 16.6. The Hall–Kier alpha value is -3.91. The molecule has 2 aromatic heterocycles. The number of hydrogen-bond acceptors (Lipinski definition) is 7. The van der Waals surface area contributed by atoms with Crippen LogP contribution < -0.4 is 5.73 Å². The van der Waals surface area contributed by atoms with Crippen LogP contribution in [0.2, 0.25) is 0 Å². The van der Waals surface area contributed by atoms with Gasteiger partial charge in [0.15, 0.2) is 11.5 Å². The van der Waals surface area contributed by atoms with Gasteiger partial charge in [0.2, 0.25) is 6.41 Å². The minimum Gasteiger partial charge on any atom is -0.450 e. The highest BCUT2D eigenvalue weighted by Gasteiger charge is 2.30. The van der Waals surface area contributed by atoms with E-state index in [9.17, 15) is 14.4 Å². The third kappa shape index (κ3) is 6.54. The lowest BCUT2D eigenvalue weighted by molar-refractivity contribution is -0.117. The normalized spacial score (nSPS) is 11.8. The van der Waals surface area contributed by atoms with E-state index in [1.807, 2.05) is 0 Å². The molecule has 0 saturated heterocycles. The van der Waals surface area contributed by atoms with Crippen LogP contribution in [0.25, 0.3) is 5.82 Å². The van der Waals surface area contributed by atoms with E-state index in [1.54, 1.807) is 43.9 Å². The van der Waals surface area contributed by atoms with E-state index in [0.717, 1.165) is 11.3 Å². The first-order valence-corrected chi connectivity index (χ1v) is 10.3. The molecule has 11 nitrogen and oxygen atoms in total. The van der Waals surface area contributed by atoms with Gasteiger partial charge < -0.3 is 25.4 Å². The number of aliphatic hydroxyl groups excluding tert-OH is 1. The first kappa shape index (κ1) is 25.4. The molecule has 0 atom stereocenters. The lowest BCUT2D eigenvalue weighted by Gasteiger charge is -2.26. The van der Waals surface area contributed by atoms with Gasteiger partial charge in [-0.2, -0.15) is 5.10 Å². The summed E-state index contributed by atoms with van der Waals surface area (Å²) in [6, 6.07) is 3.60. The van der Waals surface area contributed by atoms with Crippen molar-refractivity contribution in [2.75, 3.05) is 33.4 Å². The molecule has 0 spiro atoms. The van der Waals surface area contributed by atoms with Crippen LogP contribution in [0, 0.1) is 11.8 Å². The van der Waals surface area contributed by atoms with E-state index in [-0.39, 0.29) is 18.8 Å². The summed E-state index contributed by atoms with van der Waals surface area (Å²) < 4.78 is 6.66. The van der Waals surface area contributed by atoms with Crippen molar-refractivity contribution in [2.24, 2.45) is 5.73 Å². The average molecular weight is 457 g/mol. The Morgan fingerprint density at radius 1 is 1.42 bits per heavy atom. The van der Waals surface area contributed by atoms with E-state index in [4.69, 9.17) is 15.6 Å². The van der Waals surface area contributed by atoms with Gasteiger partial charge in [0.25, 0.3) is 5.91 Å². The largest absolute Gasteiger partial charge is 0.450 e. The smallest absolute Gasteiger partial charge is 0.410 e. The second kappa shape index (κ2) is 12.2. The Bertz CT molecular complexity index is 1060. The predicted molar refractivity (Wildman–Crippen MR) is 119 cm³/mol. The molecule has 0 bridgehead atoms. The number of carbonyl (C=O) groups excluding carboxylic acids is 3. The highest BCUT2D eigenvalue weighted by Crippen LogP contribution is 2.25. The zero-order valence-corrected chi connectivity index (χ0v) is 18.9. The second-order valence-electron chi connectivity index (χ2n) is 7.01. The molecule has 0 fully saturated rings. The standard InChI is InChI=1S/C18H19N5O3.C4H9NO2/c1-3-5-12-6-8-20-15(10-12)23-14-7-9-22(18(25)26-4-2)11-13(14)16(21-23)17(19)24;1-5(4-7)2-3-6/h6,8,10H,4,7,9,11H2,1-2H3,(H2,19,24);4,6H,2-3H2,1H3. The second-order valence-corrected chi connectivity index (χ2v) is 7.01. The monoisotopic (exact) mass is 456 g/mol. The lowest BCUT2D eigenvalue weighted by Crippen LogP contribution is -2.37. The topological polar surface area (TPSA) is 144 Å². The lowest BCUT2D eigenvalue weighted by atomic mass is 10.1. The molecule has 11 heteroatoms. The molecule has 3 N–H and O–H groups in total. The molecular formula is C22H28N6O5. The van der Waals surface area contributed by atoms with Gasteiger partial charge in [0.05, 0.1) is 25.5 Å². The number of hydrogen-bond donors (Lipinski definition) is 2. The first-order chi connectivity index (χ1) is 15.9. The van der Waals surface area contributed by atoms with E-state index >= 15 is 0 Å². The number of pyridine rings is 1. The molecule has 0 aromatic carbocycles. The Kier molecular flexibility index (Phi) is 9.38. The van der Waals surface area contributed by atoms with Gasteiger partial charge in [-0.3, -0.25) is 9.59 Å². The van der Waals surface area contributed by atoms with Gasteiger partial charge in [-0.25, -0.2) is 14.5 Å². The summed E-state index contributed by atoms with van der Waals surface area (Å²) in [7, 11) is 1.61. The molecule has 1 aliphatic rings. The molecular weight excluding hydrogens is 428 g/mol. The van der Waals surface area contributed by atoms with Gasteiger partial charge in [-0.1, -0.05) is 5.92 Å². The molecule has 0 unspecified atom stereocenters. The van der Waals surface area contributed by atoms with E-state index in [1.165, 1.54) is 9.80 Å². The quantitative estimate of drug-likeness (QED) is 0.470. The summed E-state index contributed by atoms with van der Waals surface area (Å²) >= 11 is 0. The molecule has 0 aliphatic carbocycles. The van der Waals surface area contributed by atoms with Crippen LogP contribution in [0.1, 0.15) is 41.2 Å². The van der Waals surface area contributed by atoms with E-state index < -0.39 is 12.0 Å². The van der Waals surface area contributed by atoms with E-state index in [0.29, 0.717) is 43.9 Å². The number of carbonyl (C=O) groups is 3. The summed E-state index contributed by atoms with van der Waals surface area (Å²) in [4.78, 5) is 40.8. The van der Waals surface area contributed by atoms with Crippen molar-refractivity contribution in [1.82, 2.24) is 24.6 Å². The van der Waals surface area contributed by atoms with Crippen molar-refractivity contribution in [3.05, 3.63) is 40.8 Å². The highest BCUT2D eigenvalue weighted by molar-refractivity contribution is 5.93. The van der Waals surface area contributed by atoms with Crippen LogP contribution in [-0.4, -0.2) is 81.4 Å². The Morgan fingerprint density at radius 3 is 2.76 bits per heavy atom. The number of aliphatic hydroxyl groups is 1. The summed E-state index contributed by atoms with van der Waals surface area (Å²) in [5.74, 6) is 5.72. The number of amides is 3. The van der Waals surface area contributed by atoms with Crippen LogP contribution in [0.3, 0.4) is 0 Å². The molecule has 176 valence electrons. The summed E-state index contributed by atoms with van der Waals surface area (Å²) in [6.45, 7) is 4.94. The first-order valence-electron chi connectivity index (χ1n) is 10.3. The SMILES string of the molecule is CC#Cc1ccnc(-n2nc(C(N)=O)c3c2CCN(C(=O)OCC)C3)c1.CN(C=O)CCO. The number of likely N-dealkylation sites (N-methyl/N-ethyl adjacent to an activating group) is 1. The van der Waals surface area contributed by atoms with Crippen LogP contribution >= 0.6 is 0 Å². The number of nitrogens with two attached hydrogens (primary N) is 1. The van der Waals surface area contributed by atoms with Crippen LogP contribution in [0.5, 0.6) is 0 Å². The average Bonchev–Trinajstić information content (AvgIpc) is 3.19. The number of fused-ring (bicyclic) bond motifs is 1. The van der Waals surface area contributed by atoms with Crippen molar-refractivity contribution in [3.63, 3.8) is 0 Å².